The number of primary amides is 1. The van der Waals surface area contributed by atoms with Gasteiger partial charge in [-0.3, -0.25) is 71.9 Å². The Morgan fingerprint density at radius 1 is 0.278 bits per heavy atom. The number of amides is 15. The van der Waals surface area contributed by atoms with Crippen molar-refractivity contribution < 1.29 is 92.3 Å². The van der Waals surface area contributed by atoms with E-state index in [1.54, 1.807) is 83.1 Å². The van der Waals surface area contributed by atoms with E-state index in [1.165, 1.54) is 6.92 Å². The van der Waals surface area contributed by atoms with Crippen LogP contribution in [-0.4, -0.2) is 252 Å². The molecule has 0 aliphatic carbocycles. The fourth-order valence-corrected chi connectivity index (χ4v) is 12.1. The Hall–Kier alpha value is -8.31. The van der Waals surface area contributed by atoms with E-state index < -0.39 is 223 Å². The van der Waals surface area contributed by atoms with Crippen molar-refractivity contribution in [3.8, 4) is 0 Å². The fourth-order valence-electron chi connectivity index (χ4n) is 12.1. The molecule has 0 saturated heterocycles. The first-order chi connectivity index (χ1) is 53.9. The number of nitrogens with two attached hydrogens (primary N) is 6. The van der Waals surface area contributed by atoms with E-state index in [2.05, 4.69) is 74.4 Å². The van der Waals surface area contributed by atoms with Crippen LogP contribution in [0.4, 0.5) is 0 Å². The Bertz CT molecular complexity index is 3060. The lowest BCUT2D eigenvalue weighted by Crippen LogP contribution is -2.63. The third kappa shape index (κ3) is 40.4. The van der Waals surface area contributed by atoms with Crippen molar-refractivity contribution in [2.75, 3.05) is 46.0 Å². The van der Waals surface area contributed by atoms with Crippen LogP contribution >= 0.6 is 0 Å². The Balaban J connectivity index is 7.03. The predicted octanol–water partition coefficient (Wildman–Crippen LogP) is -5.39. The molecule has 662 valence electrons. The van der Waals surface area contributed by atoms with E-state index in [9.17, 15) is 92.3 Å². The quantitative estimate of drug-likeness (QED) is 0.0253. The lowest BCUT2D eigenvalue weighted by Gasteiger charge is -2.31. The maximum absolute atomic E-state index is 14.6. The highest BCUT2D eigenvalue weighted by Crippen LogP contribution is 2.18. The summed E-state index contributed by atoms with van der Waals surface area (Å²) in [6.45, 7) is 23.4. The summed E-state index contributed by atoms with van der Waals surface area (Å²) >= 11 is 0. The molecule has 0 fully saturated rings. The zero-order chi connectivity index (χ0) is 88.1. The summed E-state index contributed by atoms with van der Waals surface area (Å²) in [5, 5.41) is 77.6. The van der Waals surface area contributed by atoms with E-state index in [-0.39, 0.29) is 114 Å². The van der Waals surface area contributed by atoms with Gasteiger partial charge in [-0.25, -0.2) is 0 Å². The Morgan fingerprint density at radius 3 is 0.765 bits per heavy atom. The summed E-state index contributed by atoms with van der Waals surface area (Å²) in [6.07, 6.45) is 1.00. The van der Waals surface area contributed by atoms with Crippen LogP contribution in [0.2, 0.25) is 0 Å². The topological polar surface area (TPSA) is 662 Å². The first-order valence-electron chi connectivity index (χ1n) is 40.6. The van der Waals surface area contributed by atoms with Crippen LogP contribution in [0.5, 0.6) is 0 Å². The van der Waals surface area contributed by atoms with E-state index in [0.717, 1.165) is 0 Å². The Labute approximate surface area is 677 Å². The molecule has 115 heavy (non-hydrogen) atoms. The summed E-state index contributed by atoms with van der Waals surface area (Å²) in [6, 6.07) is -21.2. The average Bonchev–Trinajstić information content (AvgIpc) is 0.843. The molecule has 0 aliphatic heterocycles. The van der Waals surface area contributed by atoms with Gasteiger partial charge in [0, 0.05) is 0 Å². The van der Waals surface area contributed by atoms with Crippen LogP contribution in [-0.2, 0) is 71.9 Å². The molecular formula is C76H144N20O19. The van der Waals surface area contributed by atoms with Gasteiger partial charge in [-0.1, -0.05) is 103 Å². The summed E-state index contributed by atoms with van der Waals surface area (Å²) in [5.74, 6) is -16.0. The zero-order valence-corrected chi connectivity index (χ0v) is 70.4. The van der Waals surface area contributed by atoms with E-state index >= 15 is 0 Å². The van der Waals surface area contributed by atoms with Crippen LogP contribution in [0.1, 0.15) is 207 Å². The summed E-state index contributed by atoms with van der Waals surface area (Å²) in [4.78, 5) is 209. The molecule has 17 atom stereocenters. The van der Waals surface area contributed by atoms with Gasteiger partial charge in [0.05, 0.1) is 25.9 Å². The fraction of sp³-hybridized carbons (Fsp3) is 0.803. The number of nitrogens with one attached hydrogen (secondary N) is 14. The highest BCUT2D eigenvalue weighted by Gasteiger charge is 2.41. The van der Waals surface area contributed by atoms with Crippen molar-refractivity contribution in [1.29, 1.82) is 0 Å². The number of rotatable bonds is 60. The molecule has 0 aliphatic rings. The maximum atomic E-state index is 14.6. The zero-order valence-electron chi connectivity index (χ0n) is 70.4. The number of carbonyl (C=O) groups excluding carboxylic acids is 15. The summed E-state index contributed by atoms with van der Waals surface area (Å²) in [5.41, 5.74) is 34.1. The van der Waals surface area contributed by atoms with Gasteiger partial charge in [-0.05, 0) is 171 Å². The van der Waals surface area contributed by atoms with Gasteiger partial charge >= 0.3 is 0 Å². The molecular weight excluding hydrogens is 1500 g/mol. The molecule has 39 nitrogen and oxygen atoms in total. The van der Waals surface area contributed by atoms with Gasteiger partial charge < -0.3 is 129 Å². The van der Waals surface area contributed by atoms with Crippen LogP contribution in [0.25, 0.3) is 0 Å². The molecule has 15 amide bonds. The number of carbonyl (C=O) groups is 15. The van der Waals surface area contributed by atoms with Crippen LogP contribution < -0.4 is 109 Å². The SMILES string of the molecule is CC[C@H](C)[C@H](NC(=O)[C@H](CC(C)C)NC(=O)[C@@H](NC(=O)[C@H](CC(C)C)NC(=O)[C@@H](NC(=O)[C@H](CCCCN)NC(=O)[C@@H](CCCCN)NC(=O)[C@@H](CO)NC(=O)[C@@H](CCCCN)NC(=O)[C@@H](CO)NC(=O)[C@@H](CCCCN)NC(=O)[C@H](N)CO)[C@@H](C)O)C(C)C)C(=O)N[C@@H](CC(C)C)C(=O)N[C@H](C(=O)N[C@H](C(N)=O)C(C)C)C(C)C. The summed E-state index contributed by atoms with van der Waals surface area (Å²) < 4.78 is 0. The van der Waals surface area contributed by atoms with Crippen LogP contribution in [0.3, 0.4) is 0 Å². The third-order valence-electron chi connectivity index (χ3n) is 19.1. The largest absolute Gasteiger partial charge is 0.394 e. The van der Waals surface area contributed by atoms with Crippen molar-refractivity contribution in [2.24, 2.45) is 75.8 Å². The molecule has 0 unspecified atom stereocenters. The minimum absolute atomic E-state index is 0.0261. The molecule has 0 heterocycles. The smallest absolute Gasteiger partial charge is 0.245 e. The Morgan fingerprint density at radius 2 is 0.504 bits per heavy atom. The van der Waals surface area contributed by atoms with Gasteiger partial charge in [0.1, 0.15) is 90.6 Å². The van der Waals surface area contributed by atoms with E-state index in [1.807, 2.05) is 13.8 Å². The number of hydrogen-bond acceptors (Lipinski definition) is 24. The average molecular weight is 1640 g/mol. The molecule has 0 bridgehead atoms. The molecule has 0 saturated carbocycles. The van der Waals surface area contributed by atoms with Gasteiger partial charge in [-0.2, -0.15) is 0 Å². The van der Waals surface area contributed by atoms with Gasteiger partial charge in [0.25, 0.3) is 0 Å². The molecule has 0 aromatic carbocycles. The monoisotopic (exact) mass is 1640 g/mol. The van der Waals surface area contributed by atoms with Gasteiger partial charge in [-0.15, -0.1) is 0 Å². The van der Waals surface area contributed by atoms with Crippen molar-refractivity contribution in [3.63, 3.8) is 0 Å². The van der Waals surface area contributed by atoms with E-state index in [0.29, 0.717) is 38.5 Å². The second kappa shape index (κ2) is 56.9. The molecule has 0 radical (unpaired) electrons. The highest BCUT2D eigenvalue weighted by atomic mass is 16.3. The second-order valence-corrected chi connectivity index (χ2v) is 31.9. The molecule has 0 aromatic heterocycles. The van der Waals surface area contributed by atoms with Crippen molar-refractivity contribution in [3.05, 3.63) is 0 Å². The number of unbranched alkanes of at least 4 members (excludes halogenated alkanes) is 4. The van der Waals surface area contributed by atoms with E-state index in [4.69, 9.17) is 34.4 Å². The number of aliphatic hydroxyl groups excluding tert-OH is 4. The standard InChI is InChI=1S/C76H144N20O19/c1-16-45(14)60(75(114)88-52(33-39(2)3)68(107)94-59(44(12)13)74(113)92-57(42(8)9)62(82)101)95-70(109)54(35-41(6)7)87-73(112)58(43(10)11)93-69(108)53(34-40(4)5)89-76(115)61(46(15)100)96-67(106)51(28-20-24-32-80)84-64(103)49(26-18-22-30-78)85-71(110)56(38-99)91-66(105)50(27-19-23-31-79)86-72(111)55(37-98)90-65(104)48(25-17-21-29-77)83-63(102)47(81)36-97/h39-61,97-100H,16-38,77-81H2,1-15H3,(H2,82,101)(H,83,102)(H,84,103)(H,85,110)(H,86,111)(H,87,112)(H,88,114)(H,89,115)(H,90,104)(H,91,105)(H,92,113)(H,93,108)(H,94,107)(H,95,109)(H,96,106)/t45-,46+,47+,48+,49+,50+,51-,52-,53-,54-,55+,56+,57-,58-,59-,60-,61-/m0/s1. The molecule has 0 aromatic rings. The lowest BCUT2D eigenvalue weighted by atomic mass is 9.95. The maximum Gasteiger partial charge on any atom is 0.245 e. The molecule has 39 heteroatoms. The van der Waals surface area contributed by atoms with Gasteiger partial charge in [0.2, 0.25) is 88.6 Å². The van der Waals surface area contributed by atoms with Crippen molar-refractivity contribution in [2.45, 2.75) is 303 Å². The first kappa shape index (κ1) is 107. The predicted molar refractivity (Wildman–Crippen MR) is 431 cm³/mol. The first-order valence-corrected chi connectivity index (χ1v) is 40.6. The number of hydrogen-bond donors (Lipinski definition) is 24. The van der Waals surface area contributed by atoms with Crippen LogP contribution in [0, 0.1) is 41.4 Å². The van der Waals surface area contributed by atoms with Crippen molar-refractivity contribution >= 4 is 88.6 Å². The minimum atomic E-state index is -1.81. The minimum Gasteiger partial charge on any atom is -0.394 e. The number of aliphatic hydroxyl groups is 4. The molecule has 30 N–H and O–H groups in total. The van der Waals surface area contributed by atoms with Crippen LogP contribution in [0.15, 0.2) is 0 Å². The summed E-state index contributed by atoms with van der Waals surface area (Å²) in [7, 11) is 0. The lowest BCUT2D eigenvalue weighted by molar-refractivity contribution is -0.138. The molecule has 0 spiro atoms. The Kier molecular flexibility index (Phi) is 52.8. The van der Waals surface area contributed by atoms with Gasteiger partial charge in [0.15, 0.2) is 0 Å². The second-order valence-electron chi connectivity index (χ2n) is 31.9. The normalized spacial score (nSPS) is 16.0. The van der Waals surface area contributed by atoms with Crippen molar-refractivity contribution in [1.82, 2.24) is 74.4 Å². The highest BCUT2D eigenvalue weighted by molar-refractivity contribution is 6.01. The molecule has 0 rings (SSSR count). The third-order valence-corrected chi connectivity index (χ3v) is 19.1.